The Kier molecular flexibility index (Phi) is 4.01. The van der Waals surface area contributed by atoms with Gasteiger partial charge in [0.1, 0.15) is 17.9 Å². The van der Waals surface area contributed by atoms with Gasteiger partial charge in [-0.15, -0.1) is 15.3 Å². The van der Waals surface area contributed by atoms with Crippen molar-refractivity contribution in [2.75, 3.05) is 11.9 Å². The Labute approximate surface area is 166 Å². The van der Waals surface area contributed by atoms with Crippen LogP contribution in [0.25, 0.3) is 11.5 Å². The van der Waals surface area contributed by atoms with Crippen LogP contribution in [0.2, 0.25) is 0 Å². The average Bonchev–Trinajstić information content (AvgIpc) is 3.31. The highest BCUT2D eigenvalue weighted by Gasteiger charge is 2.33. The molecule has 4 heterocycles. The first-order chi connectivity index (χ1) is 14.1. The van der Waals surface area contributed by atoms with Crippen molar-refractivity contribution < 1.29 is 9.53 Å². The lowest BCUT2D eigenvalue weighted by molar-refractivity contribution is -0.116. The zero-order valence-electron chi connectivity index (χ0n) is 16.0. The van der Waals surface area contributed by atoms with Gasteiger partial charge in [0.2, 0.25) is 5.91 Å². The van der Waals surface area contributed by atoms with Crippen molar-refractivity contribution in [1.82, 2.24) is 29.6 Å². The summed E-state index contributed by atoms with van der Waals surface area (Å²) in [5, 5.41) is 20.0. The minimum Gasteiger partial charge on any atom is -0.494 e. The Morgan fingerprint density at radius 2 is 2.14 bits per heavy atom. The predicted molar refractivity (Wildman–Crippen MR) is 105 cm³/mol. The molecular formula is C20H19N7O2. The van der Waals surface area contributed by atoms with E-state index in [4.69, 9.17) is 4.74 Å². The molecule has 1 aliphatic heterocycles. The van der Waals surface area contributed by atoms with Crippen LogP contribution >= 0.6 is 0 Å². The number of carbonyl (C=O) groups is 1. The molecule has 4 aromatic rings. The first kappa shape index (κ1) is 17.4. The van der Waals surface area contributed by atoms with Crippen LogP contribution in [0.15, 0.2) is 42.7 Å². The number of aromatic nitrogens is 6. The molecule has 1 atom stereocenters. The molecule has 0 aliphatic carbocycles. The Morgan fingerprint density at radius 1 is 1.24 bits per heavy atom. The Morgan fingerprint density at radius 3 is 3.00 bits per heavy atom. The van der Waals surface area contributed by atoms with Gasteiger partial charge >= 0.3 is 0 Å². The standard InChI is InChI=1S/C20H19N7O2/c1-3-29-14-6-4-5-13(9-14)15-10-18(28)22-20-19(15)12(2)24-27(20)17-8-7-16-23-21-11-26(16)25-17/h4-9,11,15H,3,10H2,1-2H3,(H,22,28). The number of nitrogens with one attached hydrogen (secondary N) is 1. The monoisotopic (exact) mass is 389 g/mol. The van der Waals surface area contributed by atoms with Crippen LogP contribution in [0.4, 0.5) is 5.82 Å². The van der Waals surface area contributed by atoms with Crippen LogP contribution in [0, 0.1) is 6.92 Å². The number of ether oxygens (including phenoxy) is 1. The number of hydrogen-bond donors (Lipinski definition) is 1. The fourth-order valence-corrected chi connectivity index (χ4v) is 3.82. The molecule has 0 radical (unpaired) electrons. The smallest absolute Gasteiger partial charge is 0.226 e. The summed E-state index contributed by atoms with van der Waals surface area (Å²) in [6.07, 6.45) is 1.88. The van der Waals surface area contributed by atoms with Gasteiger partial charge in [0.15, 0.2) is 11.5 Å². The van der Waals surface area contributed by atoms with E-state index in [0.29, 0.717) is 30.3 Å². The van der Waals surface area contributed by atoms with E-state index in [1.165, 1.54) is 6.33 Å². The third-order valence-electron chi connectivity index (χ3n) is 5.04. The lowest BCUT2D eigenvalue weighted by atomic mass is 9.86. The molecule has 1 aromatic carbocycles. The minimum atomic E-state index is -0.105. The molecule has 5 rings (SSSR count). The highest BCUT2D eigenvalue weighted by atomic mass is 16.5. The molecule has 29 heavy (non-hydrogen) atoms. The lowest BCUT2D eigenvalue weighted by Crippen LogP contribution is -2.25. The third-order valence-corrected chi connectivity index (χ3v) is 5.04. The number of nitrogens with zero attached hydrogens (tertiary/aromatic N) is 6. The normalized spacial score (nSPS) is 15.9. The fraction of sp³-hybridized carbons (Fsp3) is 0.250. The topological polar surface area (TPSA) is 99.2 Å². The molecule has 1 aliphatic rings. The van der Waals surface area contributed by atoms with Crippen LogP contribution in [-0.2, 0) is 4.79 Å². The first-order valence-electron chi connectivity index (χ1n) is 9.43. The minimum absolute atomic E-state index is 0.0594. The van der Waals surface area contributed by atoms with Crippen molar-refractivity contribution >= 4 is 17.4 Å². The first-order valence-corrected chi connectivity index (χ1v) is 9.43. The summed E-state index contributed by atoms with van der Waals surface area (Å²) in [5.74, 6) is 1.85. The van der Waals surface area contributed by atoms with Gasteiger partial charge in [-0.25, -0.2) is 0 Å². The fourth-order valence-electron chi connectivity index (χ4n) is 3.82. The van der Waals surface area contributed by atoms with E-state index in [0.717, 1.165) is 22.6 Å². The molecule has 3 aromatic heterocycles. The van der Waals surface area contributed by atoms with Gasteiger partial charge in [0, 0.05) is 17.9 Å². The van der Waals surface area contributed by atoms with Crippen LogP contribution in [0.3, 0.4) is 0 Å². The molecule has 1 unspecified atom stereocenters. The van der Waals surface area contributed by atoms with Crippen molar-refractivity contribution in [2.24, 2.45) is 0 Å². The molecule has 9 heteroatoms. The van der Waals surface area contributed by atoms with E-state index in [9.17, 15) is 4.79 Å². The van der Waals surface area contributed by atoms with Gasteiger partial charge in [-0.3, -0.25) is 4.79 Å². The molecule has 0 bridgehead atoms. The number of amides is 1. The summed E-state index contributed by atoms with van der Waals surface area (Å²) in [5.41, 5.74) is 3.50. The van der Waals surface area contributed by atoms with Crippen molar-refractivity contribution in [2.45, 2.75) is 26.2 Å². The summed E-state index contributed by atoms with van der Waals surface area (Å²) in [6, 6.07) is 11.5. The van der Waals surface area contributed by atoms with E-state index in [1.54, 1.807) is 9.20 Å². The van der Waals surface area contributed by atoms with Crippen molar-refractivity contribution in [3.63, 3.8) is 0 Å². The highest BCUT2D eigenvalue weighted by Crippen LogP contribution is 2.40. The van der Waals surface area contributed by atoms with Gasteiger partial charge in [-0.2, -0.15) is 14.3 Å². The molecule has 0 fully saturated rings. The zero-order valence-corrected chi connectivity index (χ0v) is 16.0. The van der Waals surface area contributed by atoms with E-state index in [1.807, 2.05) is 50.2 Å². The molecule has 1 N–H and O–H groups in total. The number of rotatable bonds is 4. The maximum absolute atomic E-state index is 12.6. The van der Waals surface area contributed by atoms with Gasteiger partial charge in [-0.1, -0.05) is 12.1 Å². The molecule has 9 nitrogen and oxygen atoms in total. The summed E-state index contributed by atoms with van der Waals surface area (Å²) < 4.78 is 8.89. The second kappa shape index (κ2) is 6.69. The summed E-state index contributed by atoms with van der Waals surface area (Å²) in [6.45, 7) is 4.49. The summed E-state index contributed by atoms with van der Waals surface area (Å²) in [7, 11) is 0. The number of aryl methyl sites for hydroxylation is 1. The second-order valence-electron chi connectivity index (χ2n) is 6.90. The SMILES string of the molecule is CCOc1cccc(C2CC(=O)Nc3c2c(C)nn3-c2ccc3nncn3n2)c1. The number of fused-ring (bicyclic) bond motifs is 2. The lowest BCUT2D eigenvalue weighted by Gasteiger charge is -2.24. The summed E-state index contributed by atoms with van der Waals surface area (Å²) in [4.78, 5) is 12.6. The number of anilines is 1. The Bertz CT molecular complexity index is 1230. The van der Waals surface area contributed by atoms with E-state index in [2.05, 4.69) is 25.7 Å². The predicted octanol–water partition coefficient (Wildman–Crippen LogP) is 2.49. The van der Waals surface area contributed by atoms with Gasteiger partial charge < -0.3 is 10.1 Å². The third kappa shape index (κ3) is 2.91. The number of carbonyl (C=O) groups excluding carboxylic acids is 1. The van der Waals surface area contributed by atoms with Crippen molar-refractivity contribution in [1.29, 1.82) is 0 Å². The van der Waals surface area contributed by atoms with E-state index < -0.39 is 0 Å². The quantitative estimate of drug-likeness (QED) is 0.576. The van der Waals surface area contributed by atoms with Crippen LogP contribution in [-0.4, -0.2) is 42.1 Å². The molecule has 0 spiro atoms. The molecular weight excluding hydrogens is 370 g/mol. The Hall–Kier alpha value is -3.75. The van der Waals surface area contributed by atoms with Crippen molar-refractivity contribution in [3.05, 3.63) is 59.5 Å². The maximum atomic E-state index is 12.6. The Balaban J connectivity index is 1.63. The maximum Gasteiger partial charge on any atom is 0.226 e. The molecule has 1 amide bonds. The molecule has 0 saturated heterocycles. The molecule has 0 saturated carbocycles. The van der Waals surface area contributed by atoms with Crippen LogP contribution in [0.5, 0.6) is 5.75 Å². The zero-order chi connectivity index (χ0) is 20.0. The molecule has 146 valence electrons. The average molecular weight is 389 g/mol. The van der Waals surface area contributed by atoms with Crippen LogP contribution < -0.4 is 10.1 Å². The van der Waals surface area contributed by atoms with Crippen molar-refractivity contribution in [3.8, 4) is 11.6 Å². The van der Waals surface area contributed by atoms with Gasteiger partial charge in [0.25, 0.3) is 0 Å². The van der Waals surface area contributed by atoms with E-state index >= 15 is 0 Å². The summed E-state index contributed by atoms with van der Waals surface area (Å²) >= 11 is 0. The van der Waals surface area contributed by atoms with Crippen LogP contribution in [0.1, 0.15) is 36.1 Å². The number of benzene rings is 1. The van der Waals surface area contributed by atoms with Gasteiger partial charge in [0.05, 0.1) is 12.3 Å². The van der Waals surface area contributed by atoms with Gasteiger partial charge in [-0.05, 0) is 43.7 Å². The highest BCUT2D eigenvalue weighted by molar-refractivity contribution is 5.95. The second-order valence-corrected chi connectivity index (χ2v) is 6.90. The largest absolute Gasteiger partial charge is 0.494 e. The number of hydrogen-bond acceptors (Lipinski definition) is 6. The van der Waals surface area contributed by atoms with E-state index in [-0.39, 0.29) is 11.8 Å².